The first-order valence-corrected chi connectivity index (χ1v) is 11.6. The Balaban J connectivity index is 1.51. The van der Waals surface area contributed by atoms with Crippen LogP contribution in [0.15, 0.2) is 54.6 Å². The number of aromatic amines is 1. The molecule has 9 heteroatoms. The molecule has 0 radical (unpaired) electrons. The predicted molar refractivity (Wildman–Crippen MR) is 129 cm³/mol. The van der Waals surface area contributed by atoms with Crippen LogP contribution in [0.25, 0.3) is 11.4 Å². The van der Waals surface area contributed by atoms with E-state index in [9.17, 15) is 14.4 Å². The number of ether oxygens (including phenoxy) is 1. The normalized spacial score (nSPS) is 17.7. The molecular formula is C26H29N5O4. The molecule has 3 amide bonds. The minimum Gasteiger partial charge on any atom is -0.385 e. The number of rotatable bonds is 10. The molecule has 0 saturated carbocycles. The van der Waals surface area contributed by atoms with Crippen LogP contribution in [0, 0.1) is 6.92 Å². The number of H-pyrrole nitrogens is 1. The zero-order valence-corrected chi connectivity index (χ0v) is 19.9. The van der Waals surface area contributed by atoms with Gasteiger partial charge in [-0.1, -0.05) is 54.6 Å². The third kappa shape index (κ3) is 5.14. The highest BCUT2D eigenvalue weighted by molar-refractivity contribution is 6.10. The Kier molecular flexibility index (Phi) is 7.36. The smallest absolute Gasteiger partial charge is 0.240 e. The second kappa shape index (κ2) is 10.6. The Labute approximate surface area is 203 Å². The fourth-order valence-corrected chi connectivity index (χ4v) is 4.56. The lowest BCUT2D eigenvalue weighted by molar-refractivity contribution is -0.141. The van der Waals surface area contributed by atoms with E-state index < -0.39 is 5.41 Å². The third-order valence-corrected chi connectivity index (χ3v) is 6.28. The Hall–Kier alpha value is -3.85. The van der Waals surface area contributed by atoms with Gasteiger partial charge < -0.3 is 10.1 Å². The van der Waals surface area contributed by atoms with Gasteiger partial charge in [0, 0.05) is 38.7 Å². The molecule has 1 saturated heterocycles. The van der Waals surface area contributed by atoms with Gasteiger partial charge in [0.15, 0.2) is 5.82 Å². The topological polar surface area (TPSA) is 117 Å². The number of nitrogens with zero attached hydrogens (tertiary/aromatic N) is 3. The van der Waals surface area contributed by atoms with Crippen molar-refractivity contribution in [1.29, 1.82) is 0 Å². The number of carbonyl (C=O) groups is 3. The standard InChI is InChI=1S/C26H29N5O4/c1-18-9-6-7-12-20(18)26(16-23(33)31(25(26)34)13-8-14-35-2)15-22(32)27-17-21-28-24(30-29-21)19-10-4-3-5-11-19/h3-7,9-12H,8,13-17H2,1-2H3,(H,27,32)(H,28,29,30). The van der Waals surface area contributed by atoms with Crippen molar-refractivity contribution in [3.05, 3.63) is 71.5 Å². The molecular weight excluding hydrogens is 446 g/mol. The van der Waals surface area contributed by atoms with E-state index >= 15 is 0 Å². The summed E-state index contributed by atoms with van der Waals surface area (Å²) in [6.07, 6.45) is 0.361. The van der Waals surface area contributed by atoms with Gasteiger partial charge in [0.1, 0.15) is 5.82 Å². The van der Waals surface area contributed by atoms with Gasteiger partial charge in [-0.2, -0.15) is 5.10 Å². The molecule has 35 heavy (non-hydrogen) atoms. The van der Waals surface area contributed by atoms with Crippen molar-refractivity contribution < 1.29 is 19.1 Å². The first-order chi connectivity index (χ1) is 16.9. The molecule has 1 aromatic heterocycles. The van der Waals surface area contributed by atoms with Crippen molar-refractivity contribution in [2.24, 2.45) is 0 Å². The summed E-state index contributed by atoms with van der Waals surface area (Å²) in [7, 11) is 1.58. The van der Waals surface area contributed by atoms with Crippen LogP contribution < -0.4 is 5.32 Å². The van der Waals surface area contributed by atoms with E-state index in [1.54, 1.807) is 7.11 Å². The zero-order valence-electron chi connectivity index (χ0n) is 19.9. The second-order valence-electron chi connectivity index (χ2n) is 8.70. The molecule has 1 fully saturated rings. The fourth-order valence-electron chi connectivity index (χ4n) is 4.56. The molecule has 182 valence electrons. The molecule has 2 heterocycles. The first kappa shape index (κ1) is 24.3. The van der Waals surface area contributed by atoms with Crippen molar-refractivity contribution in [2.75, 3.05) is 20.3 Å². The number of aryl methyl sites for hydroxylation is 1. The molecule has 0 bridgehead atoms. The van der Waals surface area contributed by atoms with Crippen molar-refractivity contribution in [3.8, 4) is 11.4 Å². The van der Waals surface area contributed by atoms with Gasteiger partial charge in [-0.15, -0.1) is 0 Å². The lowest BCUT2D eigenvalue weighted by Crippen LogP contribution is -2.43. The maximum absolute atomic E-state index is 13.6. The molecule has 1 atom stereocenters. The highest BCUT2D eigenvalue weighted by Crippen LogP contribution is 2.41. The van der Waals surface area contributed by atoms with Crippen LogP contribution in [0.4, 0.5) is 0 Å². The van der Waals surface area contributed by atoms with E-state index in [1.807, 2.05) is 61.5 Å². The van der Waals surface area contributed by atoms with Crippen molar-refractivity contribution >= 4 is 17.7 Å². The van der Waals surface area contributed by atoms with Gasteiger partial charge in [-0.3, -0.25) is 24.4 Å². The molecule has 3 aromatic rings. The molecule has 9 nitrogen and oxygen atoms in total. The summed E-state index contributed by atoms with van der Waals surface area (Å²) < 4.78 is 5.07. The predicted octanol–water partition coefficient (Wildman–Crippen LogP) is 2.52. The molecule has 1 aliphatic rings. The summed E-state index contributed by atoms with van der Waals surface area (Å²) in [6.45, 7) is 2.72. The highest BCUT2D eigenvalue weighted by Gasteiger charge is 2.53. The van der Waals surface area contributed by atoms with Crippen LogP contribution in [0.5, 0.6) is 0 Å². The molecule has 1 unspecified atom stereocenters. The van der Waals surface area contributed by atoms with Crippen LogP contribution in [0.1, 0.15) is 36.2 Å². The number of hydrogen-bond acceptors (Lipinski definition) is 6. The number of aromatic nitrogens is 3. The number of carbonyl (C=O) groups excluding carboxylic acids is 3. The zero-order chi connectivity index (χ0) is 24.8. The summed E-state index contributed by atoms with van der Waals surface area (Å²) >= 11 is 0. The molecule has 1 aliphatic heterocycles. The van der Waals surface area contributed by atoms with Crippen LogP contribution >= 0.6 is 0 Å². The number of likely N-dealkylation sites (tertiary alicyclic amines) is 1. The summed E-state index contributed by atoms with van der Waals surface area (Å²) in [5.41, 5.74) is 1.19. The van der Waals surface area contributed by atoms with E-state index in [0.29, 0.717) is 30.2 Å². The molecule has 4 rings (SSSR count). The second-order valence-corrected chi connectivity index (χ2v) is 8.70. The van der Waals surface area contributed by atoms with Gasteiger partial charge in [0.25, 0.3) is 0 Å². The molecule has 0 spiro atoms. The molecule has 2 N–H and O–H groups in total. The summed E-state index contributed by atoms with van der Waals surface area (Å²) in [5.74, 6) is 0.0800. The number of amides is 3. The number of methoxy groups -OCH3 is 1. The van der Waals surface area contributed by atoms with Gasteiger partial charge in [0.2, 0.25) is 17.7 Å². The minimum atomic E-state index is -1.24. The number of nitrogens with one attached hydrogen (secondary N) is 2. The summed E-state index contributed by atoms with van der Waals surface area (Å²) in [5, 5.41) is 9.88. The largest absolute Gasteiger partial charge is 0.385 e. The lowest BCUT2D eigenvalue weighted by atomic mass is 9.74. The van der Waals surface area contributed by atoms with Crippen molar-refractivity contribution in [1.82, 2.24) is 25.4 Å². The lowest BCUT2D eigenvalue weighted by Gasteiger charge is -2.28. The Morgan fingerprint density at radius 1 is 1.14 bits per heavy atom. The first-order valence-electron chi connectivity index (χ1n) is 11.6. The maximum atomic E-state index is 13.6. The average Bonchev–Trinajstić information content (AvgIpc) is 3.43. The fraction of sp³-hybridized carbons (Fsp3) is 0.346. The van der Waals surface area contributed by atoms with E-state index in [4.69, 9.17) is 4.74 Å². The van der Waals surface area contributed by atoms with Gasteiger partial charge >= 0.3 is 0 Å². The van der Waals surface area contributed by atoms with E-state index in [2.05, 4.69) is 20.5 Å². The van der Waals surface area contributed by atoms with Crippen LogP contribution in [-0.2, 0) is 31.1 Å². The van der Waals surface area contributed by atoms with Crippen molar-refractivity contribution in [3.63, 3.8) is 0 Å². The molecule has 0 aliphatic carbocycles. The van der Waals surface area contributed by atoms with Crippen LogP contribution in [-0.4, -0.2) is 58.1 Å². The van der Waals surface area contributed by atoms with Gasteiger partial charge in [-0.25, -0.2) is 4.98 Å². The Morgan fingerprint density at radius 2 is 1.89 bits per heavy atom. The van der Waals surface area contributed by atoms with E-state index in [0.717, 1.165) is 11.1 Å². The monoisotopic (exact) mass is 475 g/mol. The maximum Gasteiger partial charge on any atom is 0.240 e. The molecule has 2 aromatic carbocycles. The summed E-state index contributed by atoms with van der Waals surface area (Å²) in [6, 6.07) is 16.9. The Bertz CT molecular complexity index is 1210. The van der Waals surface area contributed by atoms with Crippen LogP contribution in [0.3, 0.4) is 0 Å². The van der Waals surface area contributed by atoms with E-state index in [-0.39, 0.29) is 43.7 Å². The third-order valence-electron chi connectivity index (χ3n) is 6.28. The number of benzene rings is 2. The average molecular weight is 476 g/mol. The minimum absolute atomic E-state index is 0.0441. The quantitative estimate of drug-likeness (QED) is 0.344. The highest BCUT2D eigenvalue weighted by atomic mass is 16.5. The van der Waals surface area contributed by atoms with Crippen LogP contribution in [0.2, 0.25) is 0 Å². The number of imide groups is 1. The van der Waals surface area contributed by atoms with E-state index in [1.165, 1.54) is 4.90 Å². The van der Waals surface area contributed by atoms with Gasteiger partial charge in [0.05, 0.1) is 12.0 Å². The Morgan fingerprint density at radius 3 is 2.63 bits per heavy atom. The van der Waals surface area contributed by atoms with Crippen molar-refractivity contribution in [2.45, 2.75) is 38.1 Å². The summed E-state index contributed by atoms with van der Waals surface area (Å²) in [4.78, 5) is 45.3. The number of hydrogen-bond donors (Lipinski definition) is 2. The van der Waals surface area contributed by atoms with Gasteiger partial charge in [-0.05, 0) is 24.5 Å². The SMILES string of the molecule is COCCCN1C(=O)CC(CC(=O)NCc2nc(-c3ccccc3)n[nH]2)(c2ccccc2C)C1=O.